The van der Waals surface area contributed by atoms with Crippen LogP contribution >= 0.6 is 11.6 Å². The number of rotatable bonds is 2. The topological polar surface area (TPSA) is 53.5 Å². The fraction of sp³-hybridized carbons (Fsp3) is 0.312. The van der Waals surface area contributed by atoms with Gasteiger partial charge in [0.25, 0.3) is 0 Å². The van der Waals surface area contributed by atoms with Gasteiger partial charge in [-0.3, -0.25) is 0 Å². The zero-order valence-electron chi connectivity index (χ0n) is 13.0. The number of fused-ring (bicyclic) bond motifs is 1. The molecule has 1 aromatic carbocycles. The first kappa shape index (κ1) is 16.2. The molecule has 0 saturated carbocycles. The van der Waals surface area contributed by atoms with Gasteiger partial charge in [-0.2, -0.15) is 4.31 Å². The molecule has 0 amide bonds. The van der Waals surface area contributed by atoms with Gasteiger partial charge in [0.05, 0.1) is 0 Å². The van der Waals surface area contributed by atoms with Gasteiger partial charge in [-0.1, -0.05) is 29.8 Å². The second-order valence-corrected chi connectivity index (χ2v) is 8.00. The van der Waals surface area contributed by atoms with Crippen molar-refractivity contribution < 1.29 is 8.42 Å². The first-order chi connectivity index (χ1) is 10.9. The van der Waals surface area contributed by atoms with E-state index in [1.165, 1.54) is 22.6 Å². The number of anilines is 1. The first-order valence-corrected chi connectivity index (χ1v) is 9.14. The Bertz CT molecular complexity index is 808. The molecular weight excluding hydrogens is 334 g/mol. The Morgan fingerprint density at radius 1 is 1.22 bits per heavy atom. The molecule has 0 N–H and O–H groups in total. The fourth-order valence-corrected chi connectivity index (χ4v) is 4.56. The highest BCUT2D eigenvalue weighted by atomic mass is 35.5. The molecule has 0 bridgehead atoms. The van der Waals surface area contributed by atoms with Crippen molar-refractivity contribution in [1.82, 2.24) is 9.29 Å². The van der Waals surface area contributed by atoms with Crippen molar-refractivity contribution in [3.8, 4) is 0 Å². The third-order valence-electron chi connectivity index (χ3n) is 4.07. The van der Waals surface area contributed by atoms with Crippen molar-refractivity contribution in [2.24, 2.45) is 0 Å². The lowest BCUT2D eigenvalue weighted by Crippen LogP contribution is -2.41. The molecule has 0 saturated heterocycles. The maximum absolute atomic E-state index is 13.0. The summed E-state index contributed by atoms with van der Waals surface area (Å²) >= 11 is 5.76. The van der Waals surface area contributed by atoms with E-state index < -0.39 is 10.0 Å². The Balaban J connectivity index is 2.03. The summed E-state index contributed by atoms with van der Waals surface area (Å²) in [5, 5.41) is 0.276. The quantitative estimate of drug-likeness (QED) is 0.781. The van der Waals surface area contributed by atoms with E-state index in [1.54, 1.807) is 0 Å². The van der Waals surface area contributed by atoms with E-state index in [-0.39, 0.29) is 16.1 Å². The minimum atomic E-state index is -3.63. The minimum absolute atomic E-state index is 0.159. The highest BCUT2D eigenvalue weighted by molar-refractivity contribution is 7.89. The summed E-state index contributed by atoms with van der Waals surface area (Å²) in [6.45, 7) is 2.88. The molecule has 1 aliphatic heterocycles. The summed E-state index contributed by atoms with van der Waals surface area (Å²) in [5.74, 6) is 0. The van der Waals surface area contributed by atoms with E-state index >= 15 is 0 Å². The van der Waals surface area contributed by atoms with Gasteiger partial charge in [0, 0.05) is 38.1 Å². The van der Waals surface area contributed by atoms with Crippen molar-refractivity contribution >= 4 is 27.3 Å². The number of hydrogen-bond acceptors (Lipinski definition) is 4. The van der Waals surface area contributed by atoms with Gasteiger partial charge in [-0.25, -0.2) is 13.4 Å². The SMILES string of the molecule is C[C@H]1CN(C)c2ccccc2CN1S(=O)(=O)c1ccc(Cl)nc1. The van der Waals surface area contributed by atoms with Gasteiger partial charge < -0.3 is 4.90 Å². The fourth-order valence-electron chi connectivity index (χ4n) is 2.90. The van der Waals surface area contributed by atoms with Crippen LogP contribution < -0.4 is 4.90 Å². The molecule has 0 spiro atoms. The average molecular weight is 352 g/mol. The molecule has 0 aliphatic carbocycles. The van der Waals surface area contributed by atoms with Crippen LogP contribution in [0.3, 0.4) is 0 Å². The molecule has 2 aromatic rings. The van der Waals surface area contributed by atoms with E-state index in [1.807, 2.05) is 38.2 Å². The number of nitrogens with zero attached hydrogens (tertiary/aromatic N) is 3. The highest BCUT2D eigenvalue weighted by Crippen LogP contribution is 2.29. The zero-order chi connectivity index (χ0) is 16.6. The van der Waals surface area contributed by atoms with Crippen molar-refractivity contribution in [2.45, 2.75) is 24.4 Å². The molecule has 0 fully saturated rings. The molecule has 7 heteroatoms. The smallest absolute Gasteiger partial charge is 0.245 e. The van der Waals surface area contributed by atoms with Crippen molar-refractivity contribution in [3.05, 3.63) is 53.3 Å². The Morgan fingerprint density at radius 3 is 2.65 bits per heavy atom. The standard InChI is InChI=1S/C16H18ClN3O2S/c1-12-10-19(2)15-6-4-3-5-13(15)11-20(12)23(21,22)14-7-8-16(17)18-9-14/h3-9,12H,10-11H2,1-2H3/t12-/m0/s1. The highest BCUT2D eigenvalue weighted by Gasteiger charge is 2.33. The minimum Gasteiger partial charge on any atom is -0.373 e. The summed E-state index contributed by atoms with van der Waals surface area (Å²) in [7, 11) is -1.65. The lowest BCUT2D eigenvalue weighted by molar-refractivity contribution is 0.340. The number of likely N-dealkylation sites (N-methyl/N-ethyl adjacent to an activating group) is 1. The Hall–Kier alpha value is -1.63. The predicted molar refractivity (Wildman–Crippen MR) is 91.1 cm³/mol. The zero-order valence-corrected chi connectivity index (χ0v) is 14.5. The van der Waals surface area contributed by atoms with Crippen LogP contribution in [-0.2, 0) is 16.6 Å². The van der Waals surface area contributed by atoms with Gasteiger partial charge in [0.1, 0.15) is 10.0 Å². The van der Waals surface area contributed by atoms with E-state index in [2.05, 4.69) is 9.88 Å². The summed E-state index contributed by atoms with van der Waals surface area (Å²) in [6, 6.07) is 10.7. The van der Waals surface area contributed by atoms with Gasteiger partial charge in [0.15, 0.2) is 0 Å². The summed E-state index contributed by atoms with van der Waals surface area (Å²) in [6.07, 6.45) is 1.31. The van der Waals surface area contributed by atoms with Crippen LogP contribution in [0, 0.1) is 0 Å². The van der Waals surface area contributed by atoms with Crippen molar-refractivity contribution in [1.29, 1.82) is 0 Å². The van der Waals surface area contributed by atoms with Crippen LogP contribution in [0.5, 0.6) is 0 Å². The molecule has 23 heavy (non-hydrogen) atoms. The molecule has 2 heterocycles. The third kappa shape index (κ3) is 3.06. The maximum Gasteiger partial charge on any atom is 0.245 e. The van der Waals surface area contributed by atoms with Gasteiger partial charge in [0.2, 0.25) is 10.0 Å². The molecular formula is C16H18ClN3O2S. The second kappa shape index (κ2) is 6.11. The molecule has 5 nitrogen and oxygen atoms in total. The number of sulfonamides is 1. The van der Waals surface area contributed by atoms with Crippen molar-refractivity contribution in [2.75, 3.05) is 18.5 Å². The van der Waals surface area contributed by atoms with Crippen LogP contribution in [0.2, 0.25) is 5.15 Å². The first-order valence-electron chi connectivity index (χ1n) is 7.32. The molecule has 3 rings (SSSR count). The van der Waals surface area contributed by atoms with Crippen molar-refractivity contribution in [3.63, 3.8) is 0 Å². The van der Waals surface area contributed by atoms with Crippen LogP contribution in [0.15, 0.2) is 47.5 Å². The second-order valence-electron chi connectivity index (χ2n) is 5.73. The average Bonchev–Trinajstić information content (AvgIpc) is 2.65. The lowest BCUT2D eigenvalue weighted by Gasteiger charge is -2.27. The molecule has 0 unspecified atom stereocenters. The summed E-state index contributed by atoms with van der Waals surface area (Å²) < 4.78 is 27.5. The van der Waals surface area contributed by atoms with E-state index in [9.17, 15) is 8.42 Å². The number of halogens is 1. The molecule has 1 aliphatic rings. The van der Waals surface area contributed by atoms with Crippen LogP contribution in [0.4, 0.5) is 5.69 Å². The maximum atomic E-state index is 13.0. The van der Waals surface area contributed by atoms with Crippen LogP contribution in [0.1, 0.15) is 12.5 Å². The number of para-hydroxylation sites is 1. The molecule has 0 radical (unpaired) electrons. The van der Waals surface area contributed by atoms with Crippen LogP contribution in [0.25, 0.3) is 0 Å². The molecule has 1 atom stereocenters. The summed E-state index contributed by atoms with van der Waals surface area (Å²) in [5.41, 5.74) is 2.05. The number of aromatic nitrogens is 1. The van der Waals surface area contributed by atoms with E-state index in [0.717, 1.165) is 11.3 Å². The van der Waals surface area contributed by atoms with Gasteiger partial charge in [-0.15, -0.1) is 0 Å². The van der Waals surface area contributed by atoms with Crippen LogP contribution in [-0.4, -0.2) is 37.3 Å². The lowest BCUT2D eigenvalue weighted by atomic mass is 10.1. The third-order valence-corrected chi connectivity index (χ3v) is 6.23. The molecule has 1 aromatic heterocycles. The van der Waals surface area contributed by atoms with E-state index in [0.29, 0.717) is 13.1 Å². The van der Waals surface area contributed by atoms with Gasteiger partial charge in [-0.05, 0) is 30.7 Å². The Labute approximate surface area is 141 Å². The predicted octanol–water partition coefficient (Wildman–Crippen LogP) is 2.76. The normalized spacial score (nSPS) is 19.3. The number of benzene rings is 1. The monoisotopic (exact) mass is 351 g/mol. The number of pyridine rings is 1. The van der Waals surface area contributed by atoms with Gasteiger partial charge >= 0.3 is 0 Å². The largest absolute Gasteiger partial charge is 0.373 e. The Kier molecular flexibility index (Phi) is 4.31. The Morgan fingerprint density at radius 2 is 1.96 bits per heavy atom. The summed E-state index contributed by atoms with van der Waals surface area (Å²) in [4.78, 5) is 6.15. The molecule has 122 valence electrons. The number of hydrogen-bond donors (Lipinski definition) is 0. The van der Waals surface area contributed by atoms with E-state index in [4.69, 9.17) is 11.6 Å².